The van der Waals surface area contributed by atoms with Gasteiger partial charge in [0, 0.05) is 18.3 Å². The van der Waals surface area contributed by atoms with Crippen molar-refractivity contribution < 1.29 is 9.66 Å². The lowest BCUT2D eigenvalue weighted by Gasteiger charge is -2.06. The number of rotatable bonds is 3. The number of hydrogen-bond acceptors (Lipinski definition) is 5. The number of nitrogens with one attached hydrogen (secondary N) is 1. The Morgan fingerprint density at radius 3 is 2.84 bits per heavy atom. The molecule has 0 atom stereocenters. The van der Waals surface area contributed by atoms with Crippen molar-refractivity contribution in [2.24, 2.45) is 0 Å². The number of aromatic amines is 1. The first-order chi connectivity index (χ1) is 9.08. The normalized spacial score (nSPS) is 10.1. The lowest BCUT2D eigenvalue weighted by atomic mass is 10.1. The molecule has 1 heterocycles. The summed E-state index contributed by atoms with van der Waals surface area (Å²) in [6.07, 6.45) is 1.27. The molecule has 0 saturated heterocycles. The highest BCUT2D eigenvalue weighted by atomic mass is 16.6. The van der Waals surface area contributed by atoms with Crippen molar-refractivity contribution in [3.05, 3.63) is 44.2 Å². The molecule has 2 aromatic rings. The quantitative estimate of drug-likeness (QED) is 0.666. The molecule has 7 heteroatoms. The van der Waals surface area contributed by atoms with Crippen LogP contribution in [0.2, 0.25) is 0 Å². The third kappa shape index (κ3) is 2.11. The van der Waals surface area contributed by atoms with Crippen LogP contribution in [0.3, 0.4) is 0 Å². The predicted octanol–water partition coefficient (Wildman–Crippen LogP) is 1.71. The molecule has 96 valence electrons. The van der Waals surface area contributed by atoms with Crippen LogP contribution in [0.15, 0.2) is 23.1 Å². The summed E-state index contributed by atoms with van der Waals surface area (Å²) in [5.74, 6) is 0.0837. The largest absolute Gasteiger partial charge is 0.487 e. The molecule has 0 fully saturated rings. The van der Waals surface area contributed by atoms with E-state index in [0.29, 0.717) is 5.52 Å². The molecule has 0 aliphatic rings. The van der Waals surface area contributed by atoms with Crippen LogP contribution in [-0.4, -0.2) is 16.5 Å². The van der Waals surface area contributed by atoms with E-state index in [1.807, 2.05) is 0 Å². The van der Waals surface area contributed by atoms with Crippen LogP contribution in [0.5, 0.6) is 5.75 Å². The molecular weight excluding hydrogens is 250 g/mol. The topological polar surface area (TPSA) is 109 Å². The molecule has 0 bridgehead atoms. The molecule has 19 heavy (non-hydrogen) atoms. The molecule has 0 amide bonds. The molecule has 1 aromatic carbocycles. The van der Waals surface area contributed by atoms with E-state index in [-0.39, 0.29) is 29.0 Å². The molecule has 0 radical (unpaired) electrons. The van der Waals surface area contributed by atoms with E-state index >= 15 is 0 Å². The van der Waals surface area contributed by atoms with Gasteiger partial charge >= 0.3 is 5.69 Å². The minimum atomic E-state index is -0.622. The van der Waals surface area contributed by atoms with Gasteiger partial charge in [-0.1, -0.05) is 0 Å². The first kappa shape index (κ1) is 12.6. The lowest BCUT2D eigenvalue weighted by molar-refractivity contribution is -0.385. The SMILES string of the molecule is CCOc1cc2[nH]cc(C#N)c(=O)c2cc1[N+](=O)[O-]. The average molecular weight is 259 g/mol. The number of ether oxygens (including phenoxy) is 1. The third-order valence-corrected chi connectivity index (χ3v) is 2.58. The van der Waals surface area contributed by atoms with Gasteiger partial charge in [-0.3, -0.25) is 14.9 Å². The number of nitro groups is 1. The third-order valence-electron chi connectivity index (χ3n) is 2.58. The molecule has 0 spiro atoms. The average Bonchev–Trinajstić information content (AvgIpc) is 2.39. The summed E-state index contributed by atoms with van der Waals surface area (Å²) in [4.78, 5) is 25.0. The number of fused-ring (bicyclic) bond motifs is 1. The second kappa shape index (κ2) is 4.78. The lowest BCUT2D eigenvalue weighted by Crippen LogP contribution is -2.08. The molecular formula is C12H9N3O4. The van der Waals surface area contributed by atoms with Crippen molar-refractivity contribution in [2.45, 2.75) is 6.92 Å². The maximum absolute atomic E-state index is 11.9. The fourth-order valence-corrected chi connectivity index (χ4v) is 1.73. The first-order valence-electron chi connectivity index (χ1n) is 5.45. The van der Waals surface area contributed by atoms with Crippen molar-refractivity contribution in [3.63, 3.8) is 0 Å². The monoisotopic (exact) mass is 259 g/mol. The van der Waals surface area contributed by atoms with Gasteiger partial charge in [0.25, 0.3) is 0 Å². The molecule has 0 aliphatic carbocycles. The number of hydrogen-bond donors (Lipinski definition) is 1. The predicted molar refractivity (Wildman–Crippen MR) is 67.1 cm³/mol. The summed E-state index contributed by atoms with van der Waals surface area (Å²) in [5.41, 5.74) is -0.540. The molecule has 2 rings (SSSR count). The smallest absolute Gasteiger partial charge is 0.311 e. The van der Waals surface area contributed by atoms with Gasteiger partial charge in [-0.05, 0) is 6.92 Å². The van der Waals surface area contributed by atoms with E-state index in [1.54, 1.807) is 13.0 Å². The Morgan fingerprint density at radius 2 is 2.26 bits per heavy atom. The molecule has 1 aromatic heterocycles. The van der Waals surface area contributed by atoms with Gasteiger partial charge in [0.2, 0.25) is 5.43 Å². The maximum Gasteiger partial charge on any atom is 0.311 e. The minimum Gasteiger partial charge on any atom is -0.487 e. The fraction of sp³-hybridized carbons (Fsp3) is 0.167. The standard InChI is InChI=1S/C12H9N3O4/c1-2-19-11-4-9-8(3-10(11)15(17)18)12(16)7(5-13)6-14-9/h3-4,6H,2H2,1H3,(H,14,16). The molecule has 1 N–H and O–H groups in total. The van der Waals surface area contributed by atoms with Crippen molar-refractivity contribution >= 4 is 16.6 Å². The van der Waals surface area contributed by atoms with Gasteiger partial charge in [-0.25, -0.2) is 0 Å². The number of nitriles is 1. The number of aromatic nitrogens is 1. The van der Waals surface area contributed by atoms with E-state index in [0.717, 1.165) is 6.07 Å². The number of nitro benzene ring substituents is 1. The highest BCUT2D eigenvalue weighted by Crippen LogP contribution is 2.30. The van der Waals surface area contributed by atoms with Gasteiger partial charge in [-0.15, -0.1) is 0 Å². The Morgan fingerprint density at radius 1 is 1.53 bits per heavy atom. The summed E-state index contributed by atoms with van der Waals surface area (Å²) in [6.45, 7) is 1.97. The van der Waals surface area contributed by atoms with E-state index in [4.69, 9.17) is 10.00 Å². The van der Waals surface area contributed by atoms with Crippen LogP contribution < -0.4 is 10.2 Å². The number of pyridine rings is 1. The summed E-state index contributed by atoms with van der Waals surface area (Å²) in [6, 6.07) is 4.24. The summed E-state index contributed by atoms with van der Waals surface area (Å²) < 4.78 is 5.17. The van der Waals surface area contributed by atoms with Crippen LogP contribution in [0.25, 0.3) is 10.9 Å². The zero-order valence-electron chi connectivity index (χ0n) is 9.97. The zero-order valence-corrected chi connectivity index (χ0v) is 9.97. The van der Waals surface area contributed by atoms with Crippen LogP contribution in [-0.2, 0) is 0 Å². The number of H-pyrrole nitrogens is 1. The zero-order chi connectivity index (χ0) is 14.0. The Bertz CT molecular complexity index is 758. The van der Waals surface area contributed by atoms with E-state index in [2.05, 4.69) is 4.98 Å². The van der Waals surface area contributed by atoms with E-state index < -0.39 is 10.4 Å². The number of nitrogens with zero attached hydrogens (tertiary/aromatic N) is 2. The molecule has 0 saturated carbocycles. The van der Waals surface area contributed by atoms with Crippen LogP contribution in [0, 0.1) is 21.4 Å². The fourth-order valence-electron chi connectivity index (χ4n) is 1.73. The molecule has 7 nitrogen and oxygen atoms in total. The Kier molecular flexibility index (Phi) is 3.16. The summed E-state index contributed by atoms with van der Waals surface area (Å²) in [5, 5.41) is 19.8. The first-order valence-corrected chi connectivity index (χ1v) is 5.45. The van der Waals surface area contributed by atoms with Crippen molar-refractivity contribution in [1.82, 2.24) is 4.98 Å². The molecule has 0 aliphatic heterocycles. The highest BCUT2D eigenvalue weighted by Gasteiger charge is 2.18. The van der Waals surface area contributed by atoms with E-state index in [9.17, 15) is 14.9 Å². The Balaban J connectivity index is 2.82. The number of benzene rings is 1. The van der Waals surface area contributed by atoms with Crippen molar-refractivity contribution in [2.75, 3.05) is 6.61 Å². The van der Waals surface area contributed by atoms with Gasteiger partial charge in [0.1, 0.15) is 11.6 Å². The van der Waals surface area contributed by atoms with Gasteiger partial charge in [0.15, 0.2) is 5.75 Å². The Labute approximate surface area is 107 Å². The van der Waals surface area contributed by atoms with Gasteiger partial charge in [0.05, 0.1) is 22.4 Å². The summed E-state index contributed by atoms with van der Waals surface area (Å²) >= 11 is 0. The Hall–Kier alpha value is -2.88. The highest BCUT2D eigenvalue weighted by molar-refractivity contribution is 5.84. The van der Waals surface area contributed by atoms with Gasteiger partial charge in [-0.2, -0.15) is 5.26 Å². The second-order valence-corrected chi connectivity index (χ2v) is 3.70. The van der Waals surface area contributed by atoms with Crippen LogP contribution >= 0.6 is 0 Å². The van der Waals surface area contributed by atoms with Crippen LogP contribution in [0.4, 0.5) is 5.69 Å². The minimum absolute atomic E-state index is 0.0837. The van der Waals surface area contributed by atoms with E-state index in [1.165, 1.54) is 12.3 Å². The molecule has 0 unspecified atom stereocenters. The maximum atomic E-state index is 11.9. The van der Waals surface area contributed by atoms with Crippen LogP contribution in [0.1, 0.15) is 12.5 Å². The van der Waals surface area contributed by atoms with Gasteiger partial charge < -0.3 is 9.72 Å². The second-order valence-electron chi connectivity index (χ2n) is 3.70. The van der Waals surface area contributed by atoms with Crippen molar-refractivity contribution in [3.8, 4) is 11.8 Å². The summed E-state index contributed by atoms with van der Waals surface area (Å²) in [7, 11) is 0. The van der Waals surface area contributed by atoms with Crippen molar-refractivity contribution in [1.29, 1.82) is 5.26 Å².